The molecule has 136 valence electrons. The summed E-state index contributed by atoms with van der Waals surface area (Å²) < 4.78 is 12.7. The summed E-state index contributed by atoms with van der Waals surface area (Å²) in [6, 6.07) is 7.58. The first-order valence-corrected chi connectivity index (χ1v) is 8.68. The third kappa shape index (κ3) is 4.30. The molecule has 0 aliphatic carbocycles. The first kappa shape index (κ1) is 17.7. The topological polar surface area (TPSA) is 102 Å². The molecule has 1 unspecified atom stereocenters. The molecular weight excluding hydrogens is 334 g/mol. The average molecular weight is 355 g/mol. The summed E-state index contributed by atoms with van der Waals surface area (Å²) >= 11 is 0. The van der Waals surface area contributed by atoms with Gasteiger partial charge in [0.25, 0.3) is 5.82 Å². The Morgan fingerprint density at radius 2 is 2.19 bits per heavy atom. The number of aryl methyl sites for hydroxylation is 1. The average Bonchev–Trinajstić information content (AvgIpc) is 3.13. The predicted molar refractivity (Wildman–Crippen MR) is 92.6 cm³/mol. The molecule has 0 saturated heterocycles. The standard InChI is InChI=1S/C18H21N5O3/c1-2-14(13-5-6-15-16(10-13)26-9-8-25-15)21-18(24)4-3-7-23-12-20-17(11-19)22-23/h5-6,10,12,14H,2-4,7-9H2,1H3,(H,21,24). The largest absolute Gasteiger partial charge is 0.486 e. The van der Waals surface area contributed by atoms with Crippen LogP contribution < -0.4 is 14.8 Å². The second kappa shape index (κ2) is 8.34. The molecule has 1 aromatic heterocycles. The Labute approximate surface area is 151 Å². The lowest BCUT2D eigenvalue weighted by atomic mass is 10.0. The van der Waals surface area contributed by atoms with Crippen molar-refractivity contribution in [2.75, 3.05) is 13.2 Å². The third-order valence-corrected chi connectivity index (χ3v) is 4.14. The molecule has 1 N–H and O–H groups in total. The third-order valence-electron chi connectivity index (χ3n) is 4.14. The Morgan fingerprint density at radius 3 is 2.92 bits per heavy atom. The van der Waals surface area contributed by atoms with Gasteiger partial charge in [0, 0.05) is 13.0 Å². The summed E-state index contributed by atoms with van der Waals surface area (Å²) in [6.07, 6.45) is 3.28. The zero-order valence-electron chi connectivity index (χ0n) is 14.6. The van der Waals surface area contributed by atoms with Gasteiger partial charge in [0.05, 0.1) is 6.04 Å². The Hall–Kier alpha value is -3.08. The number of hydrogen-bond donors (Lipinski definition) is 1. The summed E-state index contributed by atoms with van der Waals surface area (Å²) in [5.41, 5.74) is 1.00. The molecule has 1 aromatic carbocycles. The Balaban J connectivity index is 1.52. The number of aromatic nitrogens is 3. The Kier molecular flexibility index (Phi) is 5.69. The molecule has 1 atom stereocenters. The minimum Gasteiger partial charge on any atom is -0.486 e. The number of nitriles is 1. The number of nitrogens with zero attached hydrogens (tertiary/aromatic N) is 4. The molecule has 8 heteroatoms. The van der Waals surface area contributed by atoms with E-state index in [2.05, 4.69) is 15.4 Å². The van der Waals surface area contributed by atoms with Crippen molar-refractivity contribution < 1.29 is 14.3 Å². The second-order valence-corrected chi connectivity index (χ2v) is 5.98. The summed E-state index contributed by atoms with van der Waals surface area (Å²) in [5.74, 6) is 1.58. The maximum absolute atomic E-state index is 12.3. The first-order valence-electron chi connectivity index (χ1n) is 8.68. The van der Waals surface area contributed by atoms with E-state index in [0.29, 0.717) is 32.6 Å². The number of benzene rings is 1. The molecule has 1 aliphatic rings. The molecular formula is C18H21N5O3. The van der Waals surface area contributed by atoms with Gasteiger partial charge in [-0.15, -0.1) is 5.10 Å². The number of hydrogen-bond acceptors (Lipinski definition) is 6. The van der Waals surface area contributed by atoms with Gasteiger partial charge in [0.2, 0.25) is 5.91 Å². The lowest BCUT2D eigenvalue weighted by molar-refractivity contribution is -0.122. The molecule has 26 heavy (non-hydrogen) atoms. The molecule has 2 heterocycles. The van der Waals surface area contributed by atoms with E-state index in [9.17, 15) is 4.79 Å². The van der Waals surface area contributed by atoms with Crippen molar-refractivity contribution in [3.05, 3.63) is 35.9 Å². The number of ether oxygens (including phenoxy) is 2. The van der Waals surface area contributed by atoms with Crippen LogP contribution in [0, 0.1) is 11.3 Å². The van der Waals surface area contributed by atoms with Crippen LogP contribution in [0.2, 0.25) is 0 Å². The quantitative estimate of drug-likeness (QED) is 0.815. The van der Waals surface area contributed by atoms with E-state index in [0.717, 1.165) is 23.5 Å². The number of fused-ring (bicyclic) bond motifs is 1. The SMILES string of the molecule is CCC(NC(=O)CCCn1cnc(C#N)n1)c1ccc2c(c1)OCCO2. The van der Waals surface area contributed by atoms with Crippen molar-refractivity contribution in [1.29, 1.82) is 5.26 Å². The van der Waals surface area contributed by atoms with Gasteiger partial charge < -0.3 is 14.8 Å². The Morgan fingerprint density at radius 1 is 1.38 bits per heavy atom. The lowest BCUT2D eigenvalue weighted by Crippen LogP contribution is -2.28. The van der Waals surface area contributed by atoms with E-state index in [1.807, 2.05) is 31.2 Å². The van der Waals surface area contributed by atoms with Gasteiger partial charge in [-0.2, -0.15) is 5.26 Å². The summed E-state index contributed by atoms with van der Waals surface area (Å²) in [7, 11) is 0. The summed E-state index contributed by atoms with van der Waals surface area (Å²) in [6.45, 7) is 3.67. The van der Waals surface area contributed by atoms with Crippen molar-refractivity contribution in [3.8, 4) is 17.6 Å². The summed E-state index contributed by atoms with van der Waals surface area (Å²) in [5, 5.41) is 15.7. The lowest BCUT2D eigenvalue weighted by Gasteiger charge is -2.22. The molecule has 2 aromatic rings. The molecule has 3 rings (SSSR count). The van der Waals surface area contributed by atoms with Crippen LogP contribution in [0.1, 0.15) is 43.6 Å². The van der Waals surface area contributed by atoms with Gasteiger partial charge in [-0.05, 0) is 30.5 Å². The number of rotatable bonds is 7. The monoisotopic (exact) mass is 355 g/mol. The van der Waals surface area contributed by atoms with Crippen LogP contribution >= 0.6 is 0 Å². The van der Waals surface area contributed by atoms with Crippen LogP contribution in [0.25, 0.3) is 0 Å². The van der Waals surface area contributed by atoms with E-state index >= 15 is 0 Å². The second-order valence-electron chi connectivity index (χ2n) is 5.98. The number of carbonyl (C=O) groups is 1. The normalized spacial score (nSPS) is 13.7. The zero-order chi connectivity index (χ0) is 18.4. The highest BCUT2D eigenvalue weighted by Crippen LogP contribution is 2.33. The van der Waals surface area contributed by atoms with E-state index in [1.54, 1.807) is 4.68 Å². The van der Waals surface area contributed by atoms with E-state index in [-0.39, 0.29) is 17.8 Å². The molecule has 0 spiro atoms. The molecule has 0 saturated carbocycles. The van der Waals surface area contributed by atoms with E-state index < -0.39 is 0 Å². The highest BCUT2D eigenvalue weighted by Gasteiger charge is 2.17. The fourth-order valence-electron chi connectivity index (χ4n) is 2.82. The smallest absolute Gasteiger partial charge is 0.252 e. The van der Waals surface area contributed by atoms with Crippen LogP contribution in [0.15, 0.2) is 24.5 Å². The zero-order valence-corrected chi connectivity index (χ0v) is 14.6. The van der Waals surface area contributed by atoms with Crippen molar-refractivity contribution in [3.63, 3.8) is 0 Å². The number of carbonyl (C=O) groups excluding carboxylic acids is 1. The number of nitrogens with one attached hydrogen (secondary N) is 1. The Bertz CT molecular complexity index is 811. The van der Waals surface area contributed by atoms with Gasteiger partial charge in [-0.1, -0.05) is 13.0 Å². The number of amides is 1. The first-order chi connectivity index (χ1) is 12.7. The fourth-order valence-corrected chi connectivity index (χ4v) is 2.82. The van der Waals surface area contributed by atoms with Gasteiger partial charge in [0.1, 0.15) is 25.6 Å². The highest BCUT2D eigenvalue weighted by molar-refractivity contribution is 5.76. The van der Waals surface area contributed by atoms with Crippen molar-refractivity contribution >= 4 is 5.91 Å². The molecule has 1 amide bonds. The predicted octanol–water partition coefficient (Wildman–Crippen LogP) is 1.97. The minimum atomic E-state index is -0.0742. The van der Waals surface area contributed by atoms with Crippen LogP contribution in [-0.4, -0.2) is 33.9 Å². The summed E-state index contributed by atoms with van der Waals surface area (Å²) in [4.78, 5) is 16.1. The molecule has 8 nitrogen and oxygen atoms in total. The van der Waals surface area contributed by atoms with Crippen molar-refractivity contribution in [2.24, 2.45) is 0 Å². The van der Waals surface area contributed by atoms with E-state index in [1.165, 1.54) is 6.33 Å². The van der Waals surface area contributed by atoms with Crippen LogP contribution in [-0.2, 0) is 11.3 Å². The molecule has 0 bridgehead atoms. The maximum atomic E-state index is 12.3. The molecule has 0 fully saturated rings. The van der Waals surface area contributed by atoms with Gasteiger partial charge in [0.15, 0.2) is 11.5 Å². The van der Waals surface area contributed by atoms with Gasteiger partial charge in [-0.25, -0.2) is 4.98 Å². The molecule has 0 radical (unpaired) electrons. The van der Waals surface area contributed by atoms with Gasteiger partial charge >= 0.3 is 0 Å². The van der Waals surface area contributed by atoms with Crippen LogP contribution in [0.3, 0.4) is 0 Å². The van der Waals surface area contributed by atoms with Gasteiger partial charge in [-0.3, -0.25) is 9.48 Å². The minimum absolute atomic E-state index is 0.0210. The fraction of sp³-hybridized carbons (Fsp3) is 0.444. The van der Waals surface area contributed by atoms with E-state index in [4.69, 9.17) is 14.7 Å². The maximum Gasteiger partial charge on any atom is 0.252 e. The molecule has 1 aliphatic heterocycles. The van der Waals surface area contributed by atoms with Crippen LogP contribution in [0.4, 0.5) is 0 Å². The van der Waals surface area contributed by atoms with Crippen molar-refractivity contribution in [2.45, 2.75) is 38.8 Å². The highest BCUT2D eigenvalue weighted by atomic mass is 16.6. The van der Waals surface area contributed by atoms with Crippen LogP contribution in [0.5, 0.6) is 11.5 Å². The van der Waals surface area contributed by atoms with Crippen molar-refractivity contribution in [1.82, 2.24) is 20.1 Å².